The predicted octanol–water partition coefficient (Wildman–Crippen LogP) is 3.15. The van der Waals surface area contributed by atoms with E-state index >= 15 is 0 Å². The average Bonchev–Trinajstić information content (AvgIpc) is 2.77. The molecule has 0 unspecified atom stereocenters. The van der Waals surface area contributed by atoms with Gasteiger partial charge in [-0.2, -0.15) is 0 Å². The fourth-order valence-electron chi connectivity index (χ4n) is 2.92. The standard InChI is InChI=1S/C24H28N2O5/c1-17(2)14-21(23(28)30-3)25-22(27)20(15-18-10-6-4-7-11-18)26-24(29)31-16-19-12-8-5-9-13-19/h4-13,20-21H,1,14-16H2,2-3H3,(H,25,27)(H,26,29)/t20-,21+/m0/s1. The van der Waals surface area contributed by atoms with Gasteiger partial charge in [0.1, 0.15) is 18.7 Å². The van der Waals surface area contributed by atoms with Gasteiger partial charge in [-0.3, -0.25) is 4.79 Å². The van der Waals surface area contributed by atoms with E-state index in [1.807, 2.05) is 60.7 Å². The van der Waals surface area contributed by atoms with Crippen molar-refractivity contribution in [1.29, 1.82) is 0 Å². The van der Waals surface area contributed by atoms with Crippen LogP contribution < -0.4 is 10.6 Å². The number of alkyl carbamates (subject to hydrolysis) is 1. The molecule has 0 bridgehead atoms. The van der Waals surface area contributed by atoms with Gasteiger partial charge in [-0.15, -0.1) is 6.58 Å². The van der Waals surface area contributed by atoms with Gasteiger partial charge in [0.05, 0.1) is 7.11 Å². The highest BCUT2D eigenvalue weighted by Crippen LogP contribution is 2.08. The van der Waals surface area contributed by atoms with Gasteiger partial charge in [0.25, 0.3) is 0 Å². The zero-order valence-corrected chi connectivity index (χ0v) is 17.8. The summed E-state index contributed by atoms with van der Waals surface area (Å²) in [6, 6.07) is 16.6. The highest BCUT2D eigenvalue weighted by Gasteiger charge is 2.28. The Kier molecular flexibility index (Phi) is 9.29. The maximum Gasteiger partial charge on any atom is 0.408 e. The van der Waals surface area contributed by atoms with E-state index < -0.39 is 30.1 Å². The maximum absolute atomic E-state index is 13.0. The molecule has 0 aliphatic heterocycles. The van der Waals surface area contributed by atoms with Crippen LogP contribution in [-0.2, 0) is 32.1 Å². The minimum atomic E-state index is -0.942. The molecule has 0 aliphatic carbocycles. The molecule has 2 amide bonds. The summed E-state index contributed by atoms with van der Waals surface area (Å²) in [6.07, 6.45) is -0.266. The Balaban J connectivity index is 2.08. The summed E-state index contributed by atoms with van der Waals surface area (Å²) in [5.41, 5.74) is 2.39. The Hall–Kier alpha value is -3.61. The highest BCUT2D eigenvalue weighted by molar-refractivity contribution is 5.90. The lowest BCUT2D eigenvalue weighted by Crippen LogP contribution is -2.52. The lowest BCUT2D eigenvalue weighted by atomic mass is 10.0. The van der Waals surface area contributed by atoms with E-state index in [1.165, 1.54) is 7.11 Å². The number of ether oxygens (including phenoxy) is 2. The van der Waals surface area contributed by atoms with Crippen LogP contribution in [0.2, 0.25) is 0 Å². The van der Waals surface area contributed by atoms with Crippen LogP contribution in [0.4, 0.5) is 4.79 Å². The van der Waals surface area contributed by atoms with E-state index in [4.69, 9.17) is 9.47 Å². The fraction of sp³-hybridized carbons (Fsp3) is 0.292. The summed E-state index contributed by atoms with van der Waals surface area (Å²) in [4.78, 5) is 37.4. The van der Waals surface area contributed by atoms with Gasteiger partial charge in [-0.1, -0.05) is 66.2 Å². The molecule has 0 saturated carbocycles. The zero-order valence-electron chi connectivity index (χ0n) is 17.8. The number of esters is 1. The van der Waals surface area contributed by atoms with E-state index in [1.54, 1.807) is 6.92 Å². The van der Waals surface area contributed by atoms with Crippen molar-refractivity contribution in [3.05, 3.63) is 83.9 Å². The Morgan fingerprint density at radius 2 is 1.48 bits per heavy atom. The van der Waals surface area contributed by atoms with Gasteiger partial charge in [0, 0.05) is 6.42 Å². The van der Waals surface area contributed by atoms with E-state index in [2.05, 4.69) is 17.2 Å². The van der Waals surface area contributed by atoms with Crippen molar-refractivity contribution in [2.24, 2.45) is 0 Å². The smallest absolute Gasteiger partial charge is 0.408 e. The number of methoxy groups -OCH3 is 1. The Morgan fingerprint density at radius 1 is 0.903 bits per heavy atom. The van der Waals surface area contributed by atoms with Crippen molar-refractivity contribution in [3.8, 4) is 0 Å². The highest BCUT2D eigenvalue weighted by atomic mass is 16.5. The van der Waals surface area contributed by atoms with Gasteiger partial charge in [-0.05, 0) is 24.5 Å². The molecule has 2 rings (SSSR count). The van der Waals surface area contributed by atoms with E-state index in [0.29, 0.717) is 5.57 Å². The number of carbonyl (C=O) groups is 3. The molecule has 164 valence electrons. The minimum Gasteiger partial charge on any atom is -0.467 e. The van der Waals surface area contributed by atoms with Crippen LogP contribution in [0.1, 0.15) is 24.5 Å². The summed E-state index contributed by atoms with van der Waals surface area (Å²) < 4.78 is 10.0. The number of amides is 2. The largest absolute Gasteiger partial charge is 0.467 e. The van der Waals surface area contributed by atoms with Gasteiger partial charge in [0.2, 0.25) is 5.91 Å². The van der Waals surface area contributed by atoms with Gasteiger partial charge in [-0.25, -0.2) is 9.59 Å². The van der Waals surface area contributed by atoms with E-state index in [-0.39, 0.29) is 19.4 Å². The molecule has 7 heteroatoms. The second-order valence-electron chi connectivity index (χ2n) is 7.19. The van der Waals surface area contributed by atoms with Crippen LogP contribution in [0.5, 0.6) is 0 Å². The molecule has 0 aliphatic rings. The van der Waals surface area contributed by atoms with E-state index in [9.17, 15) is 14.4 Å². The summed E-state index contributed by atoms with van der Waals surface area (Å²) in [6.45, 7) is 5.61. The first-order valence-corrected chi connectivity index (χ1v) is 9.92. The molecule has 0 spiro atoms. The van der Waals surface area contributed by atoms with Crippen molar-refractivity contribution >= 4 is 18.0 Å². The summed E-state index contributed by atoms with van der Waals surface area (Å²) >= 11 is 0. The molecular weight excluding hydrogens is 396 g/mol. The first-order chi connectivity index (χ1) is 14.9. The number of hydrogen-bond acceptors (Lipinski definition) is 5. The monoisotopic (exact) mass is 424 g/mol. The topological polar surface area (TPSA) is 93.7 Å². The summed E-state index contributed by atoms with van der Waals surface area (Å²) in [5.74, 6) is -1.10. The van der Waals surface area contributed by atoms with Gasteiger partial charge >= 0.3 is 12.1 Å². The lowest BCUT2D eigenvalue weighted by molar-refractivity contribution is -0.145. The number of hydrogen-bond donors (Lipinski definition) is 2. The quantitative estimate of drug-likeness (QED) is 0.451. The molecule has 0 radical (unpaired) electrons. The first kappa shape index (κ1) is 23.7. The zero-order chi connectivity index (χ0) is 22.6. The second-order valence-corrected chi connectivity index (χ2v) is 7.19. The lowest BCUT2D eigenvalue weighted by Gasteiger charge is -2.22. The molecule has 0 fully saturated rings. The van der Waals surface area contributed by atoms with Crippen LogP contribution >= 0.6 is 0 Å². The van der Waals surface area contributed by atoms with Crippen LogP contribution in [-0.4, -0.2) is 37.2 Å². The molecule has 2 aromatic carbocycles. The number of benzene rings is 2. The molecule has 0 heterocycles. The third-order valence-corrected chi connectivity index (χ3v) is 4.46. The molecule has 2 aromatic rings. The average molecular weight is 424 g/mol. The van der Waals surface area contributed by atoms with E-state index in [0.717, 1.165) is 11.1 Å². The molecular formula is C24H28N2O5. The number of rotatable bonds is 10. The molecule has 31 heavy (non-hydrogen) atoms. The Morgan fingerprint density at radius 3 is 2.03 bits per heavy atom. The molecule has 0 aromatic heterocycles. The fourth-order valence-corrected chi connectivity index (χ4v) is 2.92. The SMILES string of the molecule is C=C(C)C[C@@H](NC(=O)[C@H](Cc1ccccc1)NC(=O)OCc1ccccc1)C(=O)OC. The van der Waals surface area contributed by atoms with Crippen molar-refractivity contribution in [2.45, 2.75) is 38.5 Å². The molecule has 0 saturated heterocycles. The van der Waals surface area contributed by atoms with Gasteiger partial charge < -0.3 is 20.1 Å². The van der Waals surface area contributed by atoms with Gasteiger partial charge in [0.15, 0.2) is 0 Å². The van der Waals surface area contributed by atoms with Crippen molar-refractivity contribution in [1.82, 2.24) is 10.6 Å². The normalized spacial score (nSPS) is 12.2. The van der Waals surface area contributed by atoms with Crippen LogP contribution in [0.15, 0.2) is 72.8 Å². The van der Waals surface area contributed by atoms with Crippen LogP contribution in [0.3, 0.4) is 0 Å². The molecule has 2 N–H and O–H groups in total. The van der Waals surface area contributed by atoms with Crippen molar-refractivity contribution in [3.63, 3.8) is 0 Å². The third kappa shape index (κ3) is 8.34. The Labute approximate surface area is 182 Å². The summed E-state index contributed by atoms with van der Waals surface area (Å²) in [7, 11) is 1.25. The predicted molar refractivity (Wildman–Crippen MR) is 117 cm³/mol. The maximum atomic E-state index is 13.0. The third-order valence-electron chi connectivity index (χ3n) is 4.46. The number of nitrogens with one attached hydrogen (secondary N) is 2. The molecule has 2 atom stereocenters. The summed E-state index contributed by atoms with van der Waals surface area (Å²) in [5, 5.41) is 5.26. The van der Waals surface area contributed by atoms with Crippen LogP contribution in [0.25, 0.3) is 0 Å². The second kappa shape index (κ2) is 12.2. The van der Waals surface area contributed by atoms with Crippen molar-refractivity contribution in [2.75, 3.05) is 7.11 Å². The van der Waals surface area contributed by atoms with Crippen LogP contribution in [0, 0.1) is 0 Å². The minimum absolute atomic E-state index is 0.0762. The van der Waals surface area contributed by atoms with Crippen molar-refractivity contribution < 1.29 is 23.9 Å². The number of carbonyl (C=O) groups excluding carboxylic acids is 3. The molecule has 7 nitrogen and oxygen atoms in total. The Bertz CT molecular complexity index is 883. The first-order valence-electron chi connectivity index (χ1n) is 9.92.